The van der Waals surface area contributed by atoms with E-state index in [-0.39, 0.29) is 5.91 Å². The zero-order chi connectivity index (χ0) is 10.8. The number of primary amides is 1. The summed E-state index contributed by atoms with van der Waals surface area (Å²) in [6, 6.07) is 0. The Labute approximate surface area is 87.0 Å². The molecule has 0 saturated carbocycles. The van der Waals surface area contributed by atoms with Gasteiger partial charge in [-0.15, -0.1) is 0 Å². The first-order chi connectivity index (χ1) is 6.66. The van der Waals surface area contributed by atoms with Gasteiger partial charge < -0.3 is 10.5 Å². The smallest absolute Gasteiger partial charge is 0.219 e. The minimum absolute atomic E-state index is 0.288. The van der Waals surface area contributed by atoms with Crippen LogP contribution in [0.15, 0.2) is 0 Å². The van der Waals surface area contributed by atoms with Gasteiger partial charge in [-0.25, -0.2) is 0 Å². The molecule has 0 aromatic rings. The van der Waals surface area contributed by atoms with E-state index in [0.29, 0.717) is 13.0 Å². The molecule has 0 saturated heterocycles. The molecule has 2 N–H and O–H groups in total. The van der Waals surface area contributed by atoms with Crippen LogP contribution in [-0.4, -0.2) is 19.1 Å². The minimum atomic E-state index is -0.288. The Morgan fingerprint density at radius 2 is 2.07 bits per heavy atom. The Morgan fingerprint density at radius 3 is 2.64 bits per heavy atom. The van der Waals surface area contributed by atoms with Gasteiger partial charge in [-0.2, -0.15) is 0 Å². The Balaban J connectivity index is 3.14. The fourth-order valence-electron chi connectivity index (χ4n) is 1.26. The molecule has 1 amide bonds. The molecule has 84 valence electrons. The number of unbranched alkanes of at least 4 members (excludes halogenated alkanes) is 1. The molecule has 14 heavy (non-hydrogen) atoms. The molecular formula is C11H23NO2. The third-order valence-corrected chi connectivity index (χ3v) is 2.30. The number of ether oxygens (including phenoxy) is 1. The van der Waals surface area contributed by atoms with Crippen molar-refractivity contribution in [1.82, 2.24) is 0 Å². The lowest BCUT2D eigenvalue weighted by molar-refractivity contribution is -0.119. The van der Waals surface area contributed by atoms with Crippen LogP contribution in [0.4, 0.5) is 0 Å². The van der Waals surface area contributed by atoms with Crippen LogP contribution in [0.3, 0.4) is 0 Å². The molecular weight excluding hydrogens is 178 g/mol. The lowest BCUT2D eigenvalue weighted by Gasteiger charge is -2.10. The highest BCUT2D eigenvalue weighted by molar-refractivity contribution is 5.73. The minimum Gasteiger partial charge on any atom is -0.381 e. The molecule has 0 bridgehead atoms. The summed E-state index contributed by atoms with van der Waals surface area (Å²) in [5, 5.41) is 0. The second-order valence-corrected chi connectivity index (χ2v) is 3.86. The summed E-state index contributed by atoms with van der Waals surface area (Å²) in [5.74, 6) is 0.438. The Morgan fingerprint density at radius 1 is 1.36 bits per heavy atom. The summed E-state index contributed by atoms with van der Waals surface area (Å²) in [7, 11) is 0. The predicted octanol–water partition coefficient (Wildman–Crippen LogP) is 2.09. The zero-order valence-electron chi connectivity index (χ0n) is 9.42. The maximum Gasteiger partial charge on any atom is 0.219 e. The van der Waals surface area contributed by atoms with Gasteiger partial charge in [0.25, 0.3) is 0 Å². The first-order valence-electron chi connectivity index (χ1n) is 5.52. The van der Waals surface area contributed by atoms with E-state index in [1.54, 1.807) is 0 Å². The van der Waals surface area contributed by atoms with E-state index in [2.05, 4.69) is 13.8 Å². The van der Waals surface area contributed by atoms with Crippen molar-refractivity contribution in [3.8, 4) is 0 Å². The van der Waals surface area contributed by atoms with Crippen LogP contribution >= 0.6 is 0 Å². The normalized spacial score (nSPS) is 12.7. The number of nitrogens with two attached hydrogens (primary N) is 1. The SMILES string of the molecule is CCCCC(C)CCOCCC(N)=O. The van der Waals surface area contributed by atoms with E-state index in [1.807, 2.05) is 0 Å². The summed E-state index contributed by atoms with van der Waals surface area (Å²) in [6.07, 6.45) is 5.24. The zero-order valence-corrected chi connectivity index (χ0v) is 9.42. The molecule has 0 radical (unpaired) electrons. The number of carbonyl (C=O) groups excluding carboxylic acids is 1. The average Bonchev–Trinajstić information content (AvgIpc) is 2.13. The quantitative estimate of drug-likeness (QED) is 0.581. The number of carbonyl (C=O) groups is 1. The van der Waals surface area contributed by atoms with Gasteiger partial charge in [0.2, 0.25) is 5.91 Å². The van der Waals surface area contributed by atoms with Crippen molar-refractivity contribution in [3.63, 3.8) is 0 Å². The molecule has 0 aromatic heterocycles. The molecule has 0 aliphatic carbocycles. The van der Waals surface area contributed by atoms with E-state index in [9.17, 15) is 4.79 Å². The molecule has 0 aromatic carbocycles. The highest BCUT2D eigenvalue weighted by Crippen LogP contribution is 2.11. The van der Waals surface area contributed by atoms with Crippen molar-refractivity contribution in [2.75, 3.05) is 13.2 Å². The first-order valence-corrected chi connectivity index (χ1v) is 5.52. The highest BCUT2D eigenvalue weighted by Gasteiger charge is 2.01. The van der Waals surface area contributed by atoms with Crippen molar-refractivity contribution < 1.29 is 9.53 Å². The molecule has 3 heteroatoms. The number of amides is 1. The maximum atomic E-state index is 10.4. The average molecular weight is 201 g/mol. The van der Waals surface area contributed by atoms with Crippen LogP contribution in [0.5, 0.6) is 0 Å². The van der Waals surface area contributed by atoms with Gasteiger partial charge in [0.1, 0.15) is 0 Å². The van der Waals surface area contributed by atoms with Crippen LogP contribution in [0.1, 0.15) is 46.0 Å². The number of rotatable bonds is 9. The molecule has 0 aliphatic rings. The Bertz CT molecular complexity index is 148. The largest absolute Gasteiger partial charge is 0.381 e. The highest BCUT2D eigenvalue weighted by atomic mass is 16.5. The summed E-state index contributed by atoms with van der Waals surface area (Å²) >= 11 is 0. The van der Waals surface area contributed by atoms with Gasteiger partial charge in [0, 0.05) is 13.0 Å². The second kappa shape index (κ2) is 9.00. The number of hydrogen-bond acceptors (Lipinski definition) is 2. The molecule has 0 spiro atoms. The molecule has 0 aliphatic heterocycles. The Hall–Kier alpha value is -0.570. The van der Waals surface area contributed by atoms with Crippen molar-refractivity contribution in [2.45, 2.75) is 46.0 Å². The van der Waals surface area contributed by atoms with Crippen molar-refractivity contribution in [1.29, 1.82) is 0 Å². The summed E-state index contributed by atoms with van der Waals surface area (Å²) < 4.78 is 5.29. The van der Waals surface area contributed by atoms with E-state index in [4.69, 9.17) is 10.5 Å². The lowest BCUT2D eigenvalue weighted by Crippen LogP contribution is -2.14. The van der Waals surface area contributed by atoms with Gasteiger partial charge >= 0.3 is 0 Å². The fourth-order valence-corrected chi connectivity index (χ4v) is 1.26. The monoisotopic (exact) mass is 201 g/mol. The van der Waals surface area contributed by atoms with Crippen LogP contribution in [0.2, 0.25) is 0 Å². The van der Waals surface area contributed by atoms with Crippen LogP contribution < -0.4 is 5.73 Å². The van der Waals surface area contributed by atoms with Crippen LogP contribution in [-0.2, 0) is 9.53 Å². The van der Waals surface area contributed by atoms with Crippen LogP contribution in [0, 0.1) is 5.92 Å². The van der Waals surface area contributed by atoms with E-state index in [0.717, 1.165) is 18.9 Å². The van der Waals surface area contributed by atoms with E-state index in [1.165, 1.54) is 19.3 Å². The summed E-state index contributed by atoms with van der Waals surface area (Å²) in [4.78, 5) is 10.4. The van der Waals surface area contributed by atoms with Gasteiger partial charge in [0.05, 0.1) is 6.61 Å². The summed E-state index contributed by atoms with van der Waals surface area (Å²) in [6.45, 7) is 5.66. The number of hydrogen-bond donors (Lipinski definition) is 1. The molecule has 0 fully saturated rings. The second-order valence-electron chi connectivity index (χ2n) is 3.86. The molecule has 1 unspecified atom stereocenters. The predicted molar refractivity (Wildman–Crippen MR) is 57.9 cm³/mol. The van der Waals surface area contributed by atoms with Crippen molar-refractivity contribution >= 4 is 5.91 Å². The summed E-state index contributed by atoms with van der Waals surface area (Å²) in [5.41, 5.74) is 4.98. The van der Waals surface area contributed by atoms with Crippen molar-refractivity contribution in [3.05, 3.63) is 0 Å². The molecule has 0 rings (SSSR count). The standard InChI is InChI=1S/C11H23NO2/c1-3-4-5-10(2)6-8-14-9-7-11(12)13/h10H,3-9H2,1-2H3,(H2,12,13). The van der Waals surface area contributed by atoms with Gasteiger partial charge in [-0.1, -0.05) is 33.1 Å². The maximum absolute atomic E-state index is 10.4. The molecule has 3 nitrogen and oxygen atoms in total. The van der Waals surface area contributed by atoms with E-state index >= 15 is 0 Å². The van der Waals surface area contributed by atoms with Gasteiger partial charge in [0.15, 0.2) is 0 Å². The lowest BCUT2D eigenvalue weighted by atomic mass is 10.0. The van der Waals surface area contributed by atoms with E-state index < -0.39 is 0 Å². The third kappa shape index (κ3) is 9.52. The van der Waals surface area contributed by atoms with Gasteiger partial charge in [-0.05, 0) is 12.3 Å². The third-order valence-electron chi connectivity index (χ3n) is 2.30. The van der Waals surface area contributed by atoms with Gasteiger partial charge in [-0.3, -0.25) is 4.79 Å². The topological polar surface area (TPSA) is 52.3 Å². The fraction of sp³-hybridized carbons (Fsp3) is 0.909. The Kier molecular flexibility index (Phi) is 8.64. The molecule has 1 atom stereocenters. The molecule has 0 heterocycles. The van der Waals surface area contributed by atoms with Crippen LogP contribution in [0.25, 0.3) is 0 Å². The van der Waals surface area contributed by atoms with Crippen molar-refractivity contribution in [2.24, 2.45) is 11.7 Å². The first kappa shape index (κ1) is 13.4.